The Kier molecular flexibility index (Phi) is 5.64. The van der Waals surface area contributed by atoms with Crippen LogP contribution in [0.2, 0.25) is 10.0 Å². The van der Waals surface area contributed by atoms with Crippen molar-refractivity contribution in [1.82, 2.24) is 10.2 Å². The van der Waals surface area contributed by atoms with Crippen LogP contribution in [0.3, 0.4) is 0 Å². The number of carbonyl (C=O) groups is 1. The number of amides is 1. The number of benzene rings is 2. The van der Waals surface area contributed by atoms with E-state index < -0.39 is 5.54 Å². The fourth-order valence-corrected chi connectivity index (χ4v) is 5.79. The van der Waals surface area contributed by atoms with Crippen molar-refractivity contribution in [3.63, 3.8) is 0 Å². The van der Waals surface area contributed by atoms with E-state index in [4.69, 9.17) is 28.2 Å². The second kappa shape index (κ2) is 7.95. The highest BCUT2D eigenvalue weighted by molar-refractivity contribution is 8.18. The zero-order valence-corrected chi connectivity index (χ0v) is 19.6. The third-order valence-electron chi connectivity index (χ3n) is 5.60. The predicted octanol–water partition coefficient (Wildman–Crippen LogP) is 5.98. The first-order valence-corrected chi connectivity index (χ1v) is 11.4. The highest BCUT2D eigenvalue weighted by atomic mass is 35.5. The Morgan fingerprint density at radius 3 is 2.20 bits per heavy atom. The summed E-state index contributed by atoms with van der Waals surface area (Å²) in [6.45, 7) is 6.36. The van der Waals surface area contributed by atoms with Crippen molar-refractivity contribution in [1.29, 1.82) is 0 Å². The number of aliphatic imine (C=N–C) groups is 1. The average Bonchev–Trinajstić information content (AvgIpc) is 3.21. The van der Waals surface area contributed by atoms with Crippen molar-refractivity contribution >= 4 is 46.0 Å². The van der Waals surface area contributed by atoms with Crippen LogP contribution in [0, 0.1) is 5.92 Å². The second-order valence-corrected chi connectivity index (χ2v) is 9.77. The molecule has 2 aromatic carbocycles. The molecule has 4 nitrogen and oxygen atoms in total. The summed E-state index contributed by atoms with van der Waals surface area (Å²) < 4.78 is 0. The molecule has 0 saturated heterocycles. The summed E-state index contributed by atoms with van der Waals surface area (Å²) in [5, 5.41) is 4.99. The highest BCUT2D eigenvalue weighted by Crippen LogP contribution is 2.56. The first kappa shape index (κ1) is 21.3. The molecule has 7 heteroatoms. The zero-order chi connectivity index (χ0) is 21.6. The molecular weight excluding hydrogens is 437 g/mol. The Morgan fingerprint density at radius 1 is 1.10 bits per heavy atom. The molecule has 2 heterocycles. The molecule has 0 unspecified atom stereocenters. The predicted molar refractivity (Wildman–Crippen MR) is 126 cm³/mol. The minimum atomic E-state index is -0.547. The van der Waals surface area contributed by atoms with E-state index in [0.717, 1.165) is 22.0 Å². The lowest BCUT2D eigenvalue weighted by Gasteiger charge is -2.37. The number of allylic oxidation sites excluding steroid dienone is 1. The summed E-state index contributed by atoms with van der Waals surface area (Å²) in [4.78, 5) is 20.7. The summed E-state index contributed by atoms with van der Waals surface area (Å²) in [6, 6.07) is 15.6. The summed E-state index contributed by atoms with van der Waals surface area (Å²) >= 11 is 13.8. The molecule has 156 valence electrons. The van der Waals surface area contributed by atoms with Crippen LogP contribution in [-0.2, 0) is 10.3 Å². The Hall–Kier alpha value is -1.95. The number of carbonyl (C=O) groups excluding carboxylic acids is 1. The molecule has 0 aromatic heterocycles. The monoisotopic (exact) mass is 459 g/mol. The van der Waals surface area contributed by atoms with Crippen molar-refractivity contribution in [3.05, 3.63) is 80.3 Å². The molecule has 0 aliphatic carbocycles. The highest BCUT2D eigenvalue weighted by Gasteiger charge is 2.52. The lowest BCUT2D eigenvalue weighted by atomic mass is 9.81. The Bertz CT molecular complexity index is 1050. The molecule has 2 aromatic rings. The number of nitrogens with zero attached hydrogens (tertiary/aromatic N) is 2. The van der Waals surface area contributed by atoms with E-state index in [-0.39, 0.29) is 17.9 Å². The zero-order valence-electron chi connectivity index (χ0n) is 17.2. The maximum Gasteiger partial charge on any atom is 0.259 e. The van der Waals surface area contributed by atoms with Gasteiger partial charge < -0.3 is 10.2 Å². The van der Waals surface area contributed by atoms with Gasteiger partial charge in [-0.2, -0.15) is 0 Å². The molecule has 2 aliphatic heterocycles. The summed E-state index contributed by atoms with van der Waals surface area (Å²) in [7, 11) is 1.66. The molecule has 2 aliphatic rings. The van der Waals surface area contributed by atoms with Crippen LogP contribution < -0.4 is 5.32 Å². The molecule has 1 amide bonds. The van der Waals surface area contributed by atoms with Crippen molar-refractivity contribution in [3.8, 4) is 0 Å². The molecule has 0 spiro atoms. The molecule has 0 saturated carbocycles. The number of thioether (sulfide) groups is 1. The van der Waals surface area contributed by atoms with Gasteiger partial charge in [0.1, 0.15) is 5.54 Å². The normalized spacial score (nSPS) is 23.1. The first-order chi connectivity index (χ1) is 14.3. The summed E-state index contributed by atoms with van der Waals surface area (Å²) in [6.07, 6.45) is 0. The van der Waals surface area contributed by atoms with E-state index in [2.05, 4.69) is 31.0 Å². The van der Waals surface area contributed by atoms with E-state index in [1.54, 1.807) is 7.05 Å². The summed E-state index contributed by atoms with van der Waals surface area (Å²) in [5.41, 5.74) is 2.61. The Balaban J connectivity index is 1.91. The largest absolute Gasteiger partial charge is 0.355 e. The van der Waals surface area contributed by atoms with Crippen LogP contribution in [-0.4, -0.2) is 23.0 Å². The van der Waals surface area contributed by atoms with E-state index in [9.17, 15) is 4.79 Å². The SMILES string of the molecule is CNC(=O)C1=C(C(C)C)N2C(=N[C@@](C)(c3ccc(Cl)cc3)[C@H]2c2ccc(Cl)cc2)S1. The van der Waals surface area contributed by atoms with Gasteiger partial charge in [-0.3, -0.25) is 4.79 Å². The third-order valence-corrected chi connectivity index (χ3v) is 7.18. The van der Waals surface area contributed by atoms with Gasteiger partial charge in [0.2, 0.25) is 0 Å². The lowest BCUT2D eigenvalue weighted by Crippen LogP contribution is -2.36. The Morgan fingerprint density at radius 2 is 1.67 bits per heavy atom. The number of rotatable bonds is 4. The molecule has 0 bridgehead atoms. The number of hydrogen-bond acceptors (Lipinski definition) is 4. The van der Waals surface area contributed by atoms with Crippen molar-refractivity contribution in [2.45, 2.75) is 32.4 Å². The van der Waals surface area contributed by atoms with Gasteiger partial charge in [0.05, 0.1) is 10.9 Å². The molecule has 4 rings (SSSR count). The number of amidine groups is 1. The second-order valence-electron chi connectivity index (χ2n) is 7.92. The van der Waals surface area contributed by atoms with Gasteiger partial charge >= 0.3 is 0 Å². The fourth-order valence-electron chi connectivity index (χ4n) is 4.19. The maximum atomic E-state index is 12.6. The topological polar surface area (TPSA) is 44.7 Å². The number of hydrogen-bond donors (Lipinski definition) is 1. The van der Waals surface area contributed by atoms with E-state index in [1.807, 2.05) is 48.5 Å². The Labute approximate surface area is 191 Å². The van der Waals surface area contributed by atoms with Crippen LogP contribution in [0.1, 0.15) is 37.9 Å². The lowest BCUT2D eigenvalue weighted by molar-refractivity contribution is -0.116. The van der Waals surface area contributed by atoms with Crippen LogP contribution >= 0.6 is 35.0 Å². The van der Waals surface area contributed by atoms with Crippen LogP contribution in [0.5, 0.6) is 0 Å². The quantitative estimate of drug-likeness (QED) is 0.611. The first-order valence-electron chi connectivity index (χ1n) is 9.81. The van der Waals surface area contributed by atoms with Crippen molar-refractivity contribution in [2.75, 3.05) is 7.05 Å². The fraction of sp³-hybridized carbons (Fsp3) is 0.304. The number of likely N-dealkylation sites (N-methyl/N-ethyl adjacent to an activating group) is 1. The minimum absolute atomic E-state index is 0.0798. The molecule has 2 atom stereocenters. The van der Waals surface area contributed by atoms with Gasteiger partial charge in [-0.1, -0.05) is 61.3 Å². The van der Waals surface area contributed by atoms with Gasteiger partial charge in [-0.05, 0) is 60.0 Å². The van der Waals surface area contributed by atoms with E-state index in [0.29, 0.717) is 15.0 Å². The standard InChI is InChI=1S/C23H23Cl2N3OS/c1-13(2)18-19(21(29)26-4)30-22-27-23(3,15-7-11-17(25)12-8-15)20(28(18)22)14-5-9-16(24)10-6-14/h5-13,20H,1-4H3,(H,26,29)/t20-,23+/m1/s1. The molecular formula is C23H23Cl2N3OS. The van der Waals surface area contributed by atoms with Gasteiger partial charge in [0.25, 0.3) is 5.91 Å². The number of nitrogens with one attached hydrogen (secondary N) is 1. The van der Waals surface area contributed by atoms with Gasteiger partial charge in [-0.15, -0.1) is 0 Å². The molecule has 1 N–H and O–H groups in total. The number of halogens is 2. The minimum Gasteiger partial charge on any atom is -0.355 e. The smallest absolute Gasteiger partial charge is 0.259 e. The van der Waals surface area contributed by atoms with Crippen LogP contribution in [0.15, 0.2) is 64.1 Å². The third kappa shape index (κ3) is 3.43. The van der Waals surface area contributed by atoms with Gasteiger partial charge in [0.15, 0.2) is 5.17 Å². The van der Waals surface area contributed by atoms with Crippen molar-refractivity contribution < 1.29 is 4.79 Å². The number of fused-ring (bicyclic) bond motifs is 1. The van der Waals surface area contributed by atoms with Gasteiger partial charge in [0, 0.05) is 22.8 Å². The maximum absolute atomic E-state index is 12.6. The average molecular weight is 460 g/mol. The molecule has 0 radical (unpaired) electrons. The summed E-state index contributed by atoms with van der Waals surface area (Å²) in [5.74, 6) is 0.0729. The van der Waals surface area contributed by atoms with E-state index in [1.165, 1.54) is 11.8 Å². The van der Waals surface area contributed by atoms with Crippen LogP contribution in [0.4, 0.5) is 0 Å². The van der Waals surface area contributed by atoms with Gasteiger partial charge in [-0.25, -0.2) is 4.99 Å². The molecule has 30 heavy (non-hydrogen) atoms. The van der Waals surface area contributed by atoms with Crippen LogP contribution in [0.25, 0.3) is 0 Å². The molecule has 0 fully saturated rings. The van der Waals surface area contributed by atoms with E-state index >= 15 is 0 Å². The van der Waals surface area contributed by atoms with Crippen molar-refractivity contribution in [2.24, 2.45) is 10.9 Å².